The predicted octanol–water partition coefficient (Wildman–Crippen LogP) is 0.875. The van der Waals surface area contributed by atoms with Crippen LogP contribution in [0.25, 0.3) is 11.4 Å². The van der Waals surface area contributed by atoms with Crippen molar-refractivity contribution in [2.24, 2.45) is 0 Å². The molecular weight excluding hydrogens is 348 g/mol. The number of hydrogen-bond acceptors (Lipinski definition) is 6. The summed E-state index contributed by atoms with van der Waals surface area (Å²) >= 11 is 0. The zero-order valence-electron chi connectivity index (χ0n) is 14.6. The third-order valence-electron chi connectivity index (χ3n) is 3.56. The number of para-hydroxylation sites is 1. The van der Waals surface area contributed by atoms with Crippen molar-refractivity contribution in [3.8, 4) is 17.1 Å². The first kappa shape index (κ1) is 18.1. The summed E-state index contributed by atoms with van der Waals surface area (Å²) in [7, 11) is 0. The molecule has 138 valence electrons. The molecule has 0 aliphatic rings. The number of amides is 2. The molecule has 0 bridgehead atoms. The molecule has 0 atom stereocenters. The number of hydrogen-bond donors (Lipinski definition) is 2. The molecule has 0 saturated heterocycles. The van der Waals surface area contributed by atoms with Crippen molar-refractivity contribution >= 4 is 11.8 Å². The minimum atomic E-state index is -0.490. The van der Waals surface area contributed by atoms with Gasteiger partial charge in [0.2, 0.25) is 5.82 Å². The fraction of sp³-hybridized carbons (Fsp3) is 0.167. The average molecular weight is 366 g/mol. The number of aryl methyl sites for hydroxylation is 1. The normalized spacial score (nSPS) is 10.3. The lowest BCUT2D eigenvalue weighted by Gasteiger charge is -2.09. The Kier molecular flexibility index (Phi) is 5.73. The van der Waals surface area contributed by atoms with Crippen molar-refractivity contribution in [3.05, 3.63) is 60.2 Å². The Labute approximate surface area is 155 Å². The van der Waals surface area contributed by atoms with Crippen LogP contribution in [0.4, 0.5) is 0 Å². The summed E-state index contributed by atoms with van der Waals surface area (Å²) in [5.74, 6) is 0.0534. The van der Waals surface area contributed by atoms with Crippen LogP contribution in [0, 0.1) is 6.92 Å². The second-order valence-corrected chi connectivity index (χ2v) is 5.66. The van der Waals surface area contributed by atoms with Crippen LogP contribution in [0.1, 0.15) is 5.56 Å². The van der Waals surface area contributed by atoms with Crippen molar-refractivity contribution in [1.82, 2.24) is 31.1 Å². The molecule has 0 aliphatic heterocycles. The molecule has 0 radical (unpaired) electrons. The Morgan fingerprint density at radius 1 is 1.00 bits per heavy atom. The highest BCUT2D eigenvalue weighted by atomic mass is 16.5. The number of hydrazine groups is 1. The van der Waals surface area contributed by atoms with E-state index < -0.39 is 11.8 Å². The Balaban J connectivity index is 1.44. The van der Waals surface area contributed by atoms with Gasteiger partial charge in [0.25, 0.3) is 11.8 Å². The standard InChI is InChI=1S/C18H18N6O3/c1-13-7-5-6-10-15(13)27-12-17(26)20-19-16(25)11-24-22-18(21-23-24)14-8-3-2-4-9-14/h2-10H,11-12H2,1H3,(H,19,25)(H,20,26). The number of tetrazole rings is 1. The van der Waals surface area contributed by atoms with Gasteiger partial charge in [-0.05, 0) is 23.8 Å². The first-order valence-electron chi connectivity index (χ1n) is 8.21. The summed E-state index contributed by atoms with van der Waals surface area (Å²) in [4.78, 5) is 24.8. The van der Waals surface area contributed by atoms with Crippen molar-refractivity contribution < 1.29 is 14.3 Å². The lowest BCUT2D eigenvalue weighted by Crippen LogP contribution is -2.45. The maximum atomic E-state index is 11.9. The molecule has 2 N–H and O–H groups in total. The zero-order valence-corrected chi connectivity index (χ0v) is 14.6. The maximum Gasteiger partial charge on any atom is 0.276 e. The molecule has 3 rings (SSSR count). The number of nitrogens with zero attached hydrogens (tertiary/aromatic N) is 4. The van der Waals surface area contributed by atoms with Crippen LogP contribution in [0.15, 0.2) is 54.6 Å². The predicted molar refractivity (Wildman–Crippen MR) is 96.2 cm³/mol. The number of aromatic nitrogens is 4. The molecule has 0 spiro atoms. The van der Waals surface area contributed by atoms with Crippen LogP contribution in [-0.4, -0.2) is 38.6 Å². The summed E-state index contributed by atoms with van der Waals surface area (Å²) < 4.78 is 5.40. The third kappa shape index (κ3) is 5.11. The van der Waals surface area contributed by atoms with E-state index in [0.29, 0.717) is 11.6 Å². The minimum Gasteiger partial charge on any atom is -0.483 e. The Morgan fingerprint density at radius 3 is 2.48 bits per heavy atom. The molecule has 0 saturated carbocycles. The average Bonchev–Trinajstić information content (AvgIpc) is 3.15. The van der Waals surface area contributed by atoms with Gasteiger partial charge in [0.15, 0.2) is 6.61 Å². The van der Waals surface area contributed by atoms with Gasteiger partial charge in [0.1, 0.15) is 12.3 Å². The van der Waals surface area contributed by atoms with Crippen molar-refractivity contribution in [2.75, 3.05) is 6.61 Å². The van der Waals surface area contributed by atoms with Gasteiger partial charge in [-0.3, -0.25) is 20.4 Å². The molecule has 0 unspecified atom stereocenters. The number of benzene rings is 2. The van der Waals surface area contributed by atoms with Crippen LogP contribution in [0.5, 0.6) is 5.75 Å². The van der Waals surface area contributed by atoms with Gasteiger partial charge in [-0.2, -0.15) is 4.80 Å². The van der Waals surface area contributed by atoms with Crippen molar-refractivity contribution in [3.63, 3.8) is 0 Å². The van der Waals surface area contributed by atoms with E-state index in [2.05, 4.69) is 26.3 Å². The first-order chi connectivity index (χ1) is 13.1. The summed E-state index contributed by atoms with van der Waals surface area (Å²) in [6, 6.07) is 16.6. The van der Waals surface area contributed by atoms with Crippen LogP contribution < -0.4 is 15.6 Å². The van der Waals surface area contributed by atoms with Crippen LogP contribution >= 0.6 is 0 Å². The number of rotatable bonds is 6. The van der Waals surface area contributed by atoms with Crippen molar-refractivity contribution in [1.29, 1.82) is 0 Å². The van der Waals surface area contributed by atoms with E-state index in [1.165, 1.54) is 0 Å². The lowest BCUT2D eigenvalue weighted by atomic mass is 10.2. The number of ether oxygens (including phenoxy) is 1. The highest BCUT2D eigenvalue weighted by Crippen LogP contribution is 2.15. The van der Waals surface area contributed by atoms with Gasteiger partial charge in [0.05, 0.1) is 0 Å². The van der Waals surface area contributed by atoms with Crippen LogP contribution in [0.3, 0.4) is 0 Å². The van der Waals surface area contributed by atoms with Gasteiger partial charge in [-0.15, -0.1) is 10.2 Å². The van der Waals surface area contributed by atoms with E-state index in [1.54, 1.807) is 6.07 Å². The molecule has 27 heavy (non-hydrogen) atoms. The highest BCUT2D eigenvalue weighted by molar-refractivity contribution is 5.82. The molecule has 2 aromatic carbocycles. The number of carbonyl (C=O) groups excluding carboxylic acids is 2. The van der Waals surface area contributed by atoms with E-state index in [-0.39, 0.29) is 13.2 Å². The van der Waals surface area contributed by atoms with E-state index in [4.69, 9.17) is 4.74 Å². The summed E-state index contributed by atoms with van der Waals surface area (Å²) in [5.41, 5.74) is 6.28. The smallest absolute Gasteiger partial charge is 0.276 e. The summed E-state index contributed by atoms with van der Waals surface area (Å²) in [6.45, 7) is 1.48. The summed E-state index contributed by atoms with van der Waals surface area (Å²) in [5, 5.41) is 11.9. The van der Waals surface area contributed by atoms with E-state index >= 15 is 0 Å². The van der Waals surface area contributed by atoms with E-state index in [1.807, 2.05) is 55.5 Å². The van der Waals surface area contributed by atoms with Gasteiger partial charge < -0.3 is 4.74 Å². The quantitative estimate of drug-likeness (QED) is 0.627. The fourth-order valence-electron chi connectivity index (χ4n) is 2.22. The van der Waals surface area contributed by atoms with Crippen molar-refractivity contribution in [2.45, 2.75) is 13.5 Å². The molecule has 1 heterocycles. The molecule has 2 amide bonds. The lowest BCUT2D eigenvalue weighted by molar-refractivity contribution is -0.130. The monoisotopic (exact) mass is 366 g/mol. The Bertz CT molecular complexity index is 926. The largest absolute Gasteiger partial charge is 0.483 e. The molecule has 9 heteroatoms. The summed E-state index contributed by atoms with van der Waals surface area (Å²) in [6.07, 6.45) is 0. The molecule has 0 aliphatic carbocycles. The number of nitrogens with one attached hydrogen (secondary N) is 2. The van der Waals surface area contributed by atoms with Gasteiger partial charge in [0, 0.05) is 5.56 Å². The molecule has 3 aromatic rings. The first-order valence-corrected chi connectivity index (χ1v) is 8.21. The SMILES string of the molecule is Cc1ccccc1OCC(=O)NNC(=O)Cn1nnc(-c2ccccc2)n1. The minimum absolute atomic E-state index is 0.182. The fourth-order valence-corrected chi connectivity index (χ4v) is 2.22. The van der Waals surface area contributed by atoms with Gasteiger partial charge >= 0.3 is 0 Å². The molecule has 9 nitrogen and oxygen atoms in total. The van der Waals surface area contributed by atoms with E-state index in [9.17, 15) is 9.59 Å². The Hall–Kier alpha value is -3.75. The number of carbonyl (C=O) groups is 2. The molecule has 1 aromatic heterocycles. The van der Waals surface area contributed by atoms with E-state index in [0.717, 1.165) is 15.9 Å². The van der Waals surface area contributed by atoms with Gasteiger partial charge in [-0.25, -0.2) is 0 Å². The highest BCUT2D eigenvalue weighted by Gasteiger charge is 2.10. The second kappa shape index (κ2) is 8.56. The topological polar surface area (TPSA) is 111 Å². The third-order valence-corrected chi connectivity index (χ3v) is 3.56. The molecular formula is C18H18N6O3. The second-order valence-electron chi connectivity index (χ2n) is 5.66. The Morgan fingerprint density at radius 2 is 1.70 bits per heavy atom. The maximum absolute atomic E-state index is 11.9. The van der Waals surface area contributed by atoms with Gasteiger partial charge in [-0.1, -0.05) is 48.5 Å². The zero-order chi connectivity index (χ0) is 19.1. The molecule has 0 fully saturated rings. The van der Waals surface area contributed by atoms with Crippen LogP contribution in [-0.2, 0) is 16.1 Å². The van der Waals surface area contributed by atoms with Crippen LogP contribution in [0.2, 0.25) is 0 Å².